The van der Waals surface area contributed by atoms with Crippen molar-refractivity contribution in [2.45, 2.75) is 50.7 Å². The van der Waals surface area contributed by atoms with E-state index in [1.165, 1.54) is 12.8 Å². The minimum absolute atomic E-state index is 0.328. The summed E-state index contributed by atoms with van der Waals surface area (Å²) in [5.41, 5.74) is 1.06. The molecule has 2 atom stereocenters. The average Bonchev–Trinajstić information content (AvgIpc) is 2.62. The number of carboxylic acids is 1. The lowest BCUT2D eigenvalue weighted by atomic mass is 9.88. The van der Waals surface area contributed by atoms with Crippen LogP contribution in [0.2, 0.25) is 0 Å². The Hall–Kier alpha value is -1.49. The first-order valence-corrected chi connectivity index (χ1v) is 6.95. The van der Waals surface area contributed by atoms with Crippen molar-refractivity contribution >= 4 is 5.97 Å². The molecule has 2 aliphatic rings. The Morgan fingerprint density at radius 1 is 1.37 bits per heavy atom. The third kappa shape index (κ3) is 2.76. The number of aliphatic carboxylic acids is 1. The molecule has 5 nitrogen and oxygen atoms in total. The van der Waals surface area contributed by atoms with Crippen molar-refractivity contribution in [2.24, 2.45) is 5.92 Å². The van der Waals surface area contributed by atoms with Gasteiger partial charge < -0.3 is 5.11 Å². The molecule has 1 aromatic rings. The Morgan fingerprint density at radius 3 is 2.68 bits per heavy atom. The van der Waals surface area contributed by atoms with E-state index in [0.29, 0.717) is 24.4 Å². The molecule has 2 saturated heterocycles. The van der Waals surface area contributed by atoms with E-state index in [-0.39, 0.29) is 0 Å². The van der Waals surface area contributed by atoms with E-state index in [1.54, 1.807) is 12.5 Å². The third-order valence-corrected chi connectivity index (χ3v) is 4.43. The molecule has 0 amide bonds. The zero-order valence-electron chi connectivity index (χ0n) is 10.9. The monoisotopic (exact) mass is 261 g/mol. The Balaban J connectivity index is 1.65. The Morgan fingerprint density at radius 2 is 2.11 bits per heavy atom. The zero-order valence-corrected chi connectivity index (χ0v) is 10.9. The van der Waals surface area contributed by atoms with E-state index < -0.39 is 5.97 Å². The molecular weight excluding hydrogens is 242 g/mol. The van der Waals surface area contributed by atoms with Crippen molar-refractivity contribution in [3.8, 4) is 0 Å². The first-order chi connectivity index (χ1) is 9.22. The highest BCUT2D eigenvalue weighted by Crippen LogP contribution is 2.40. The van der Waals surface area contributed by atoms with Gasteiger partial charge in [-0.15, -0.1) is 0 Å². The predicted molar refractivity (Wildman–Crippen MR) is 69.4 cm³/mol. The molecule has 102 valence electrons. The second kappa shape index (κ2) is 5.25. The molecule has 0 aromatic carbocycles. The van der Waals surface area contributed by atoms with Gasteiger partial charge in [-0.25, -0.2) is 9.97 Å². The largest absolute Gasteiger partial charge is 0.481 e. The Labute approximate surface area is 112 Å². The standard InChI is InChI=1S/C14H19N3O2/c18-14(19)7-10-5-12-1-2-13(6-10)17(12)8-11-3-4-15-9-16-11/h3-4,9-10,12-13H,1-2,5-8H2,(H,18,19). The molecule has 19 heavy (non-hydrogen) atoms. The van der Waals surface area contributed by atoms with Gasteiger partial charge in [0.05, 0.1) is 5.69 Å². The van der Waals surface area contributed by atoms with Gasteiger partial charge in [0, 0.05) is 31.2 Å². The maximum atomic E-state index is 10.8. The van der Waals surface area contributed by atoms with Gasteiger partial charge in [-0.2, -0.15) is 0 Å². The van der Waals surface area contributed by atoms with Gasteiger partial charge in [-0.05, 0) is 37.7 Å². The maximum Gasteiger partial charge on any atom is 0.303 e. The van der Waals surface area contributed by atoms with Gasteiger partial charge in [-0.3, -0.25) is 9.69 Å². The lowest BCUT2D eigenvalue weighted by molar-refractivity contribution is -0.138. The average molecular weight is 261 g/mol. The van der Waals surface area contributed by atoms with Crippen molar-refractivity contribution in [3.63, 3.8) is 0 Å². The fourth-order valence-corrected chi connectivity index (χ4v) is 3.66. The first kappa shape index (κ1) is 12.5. The van der Waals surface area contributed by atoms with Crippen LogP contribution in [0.3, 0.4) is 0 Å². The normalized spacial score (nSPS) is 30.4. The molecule has 0 spiro atoms. The van der Waals surface area contributed by atoms with Gasteiger partial charge in [-0.1, -0.05) is 0 Å². The molecule has 1 aromatic heterocycles. The van der Waals surface area contributed by atoms with Gasteiger partial charge >= 0.3 is 5.97 Å². The fourth-order valence-electron chi connectivity index (χ4n) is 3.66. The molecule has 1 N–H and O–H groups in total. The molecule has 2 bridgehead atoms. The molecule has 2 fully saturated rings. The van der Waals surface area contributed by atoms with Crippen molar-refractivity contribution < 1.29 is 9.90 Å². The van der Waals surface area contributed by atoms with Gasteiger partial charge in [0.2, 0.25) is 0 Å². The molecule has 2 unspecified atom stereocenters. The van der Waals surface area contributed by atoms with Crippen LogP contribution in [0.25, 0.3) is 0 Å². The van der Waals surface area contributed by atoms with E-state index in [1.807, 2.05) is 6.07 Å². The minimum Gasteiger partial charge on any atom is -0.481 e. The van der Waals surface area contributed by atoms with Crippen LogP contribution in [0, 0.1) is 5.92 Å². The highest BCUT2D eigenvalue weighted by Gasteiger charge is 2.40. The highest BCUT2D eigenvalue weighted by atomic mass is 16.4. The number of carbonyl (C=O) groups is 1. The molecule has 3 heterocycles. The summed E-state index contributed by atoms with van der Waals surface area (Å²) in [6, 6.07) is 3.04. The van der Waals surface area contributed by atoms with Crippen molar-refractivity contribution in [1.82, 2.24) is 14.9 Å². The number of fused-ring (bicyclic) bond motifs is 2. The molecule has 3 rings (SSSR count). The number of carboxylic acid groups (broad SMARTS) is 1. The quantitative estimate of drug-likeness (QED) is 0.893. The van der Waals surface area contributed by atoms with Gasteiger partial charge in [0.1, 0.15) is 6.33 Å². The Kier molecular flexibility index (Phi) is 3.46. The summed E-state index contributed by atoms with van der Waals surface area (Å²) in [6.45, 7) is 0.873. The van der Waals surface area contributed by atoms with Crippen LogP contribution in [0.1, 0.15) is 37.8 Å². The lowest BCUT2D eigenvalue weighted by Gasteiger charge is -2.38. The van der Waals surface area contributed by atoms with Crippen LogP contribution in [-0.4, -0.2) is 38.0 Å². The number of hydrogen-bond acceptors (Lipinski definition) is 4. The van der Waals surface area contributed by atoms with Crippen LogP contribution in [0.4, 0.5) is 0 Å². The highest BCUT2D eigenvalue weighted by molar-refractivity contribution is 5.67. The summed E-state index contributed by atoms with van der Waals surface area (Å²) in [7, 11) is 0. The zero-order chi connectivity index (χ0) is 13.2. The van der Waals surface area contributed by atoms with Gasteiger partial charge in [0.15, 0.2) is 0 Å². The van der Waals surface area contributed by atoms with E-state index in [0.717, 1.165) is 25.1 Å². The van der Waals surface area contributed by atoms with Gasteiger partial charge in [0.25, 0.3) is 0 Å². The van der Waals surface area contributed by atoms with Crippen LogP contribution in [-0.2, 0) is 11.3 Å². The maximum absolute atomic E-state index is 10.8. The summed E-state index contributed by atoms with van der Waals surface area (Å²) in [4.78, 5) is 21.6. The first-order valence-electron chi connectivity index (χ1n) is 6.95. The number of rotatable bonds is 4. The molecule has 0 aliphatic carbocycles. The summed E-state index contributed by atoms with van der Waals surface area (Å²) < 4.78 is 0. The summed E-state index contributed by atoms with van der Waals surface area (Å²) in [5.74, 6) is -0.301. The number of aromatic nitrogens is 2. The van der Waals surface area contributed by atoms with Crippen LogP contribution < -0.4 is 0 Å². The van der Waals surface area contributed by atoms with Crippen molar-refractivity contribution in [1.29, 1.82) is 0 Å². The second-order valence-corrected chi connectivity index (χ2v) is 5.69. The van der Waals surface area contributed by atoms with E-state index in [2.05, 4.69) is 14.9 Å². The predicted octanol–water partition coefficient (Wildman–Crippen LogP) is 1.69. The smallest absolute Gasteiger partial charge is 0.303 e. The molecule has 0 radical (unpaired) electrons. The molecule has 2 aliphatic heterocycles. The topological polar surface area (TPSA) is 66.3 Å². The lowest BCUT2D eigenvalue weighted by Crippen LogP contribution is -2.42. The van der Waals surface area contributed by atoms with Crippen molar-refractivity contribution in [2.75, 3.05) is 0 Å². The van der Waals surface area contributed by atoms with Crippen LogP contribution in [0.15, 0.2) is 18.6 Å². The van der Waals surface area contributed by atoms with E-state index in [4.69, 9.17) is 5.11 Å². The second-order valence-electron chi connectivity index (χ2n) is 5.69. The van der Waals surface area contributed by atoms with Crippen LogP contribution in [0.5, 0.6) is 0 Å². The SMILES string of the molecule is O=C(O)CC1CC2CCC(C1)N2Cc1ccncn1. The van der Waals surface area contributed by atoms with Crippen LogP contribution >= 0.6 is 0 Å². The van der Waals surface area contributed by atoms with E-state index in [9.17, 15) is 4.79 Å². The summed E-state index contributed by atoms with van der Waals surface area (Å²) in [5, 5.41) is 8.93. The fraction of sp³-hybridized carbons (Fsp3) is 0.643. The van der Waals surface area contributed by atoms with E-state index >= 15 is 0 Å². The third-order valence-electron chi connectivity index (χ3n) is 4.43. The molecule has 5 heteroatoms. The number of hydrogen-bond donors (Lipinski definition) is 1. The minimum atomic E-state index is -0.659. The molecular formula is C14H19N3O2. The molecule has 0 saturated carbocycles. The summed E-state index contributed by atoms with van der Waals surface area (Å²) in [6.07, 6.45) is 8.14. The number of nitrogens with zero attached hydrogens (tertiary/aromatic N) is 3. The Bertz CT molecular complexity index is 437. The number of piperidine rings is 1. The summed E-state index contributed by atoms with van der Waals surface area (Å²) >= 11 is 0. The van der Waals surface area contributed by atoms with Crippen molar-refractivity contribution in [3.05, 3.63) is 24.3 Å².